The van der Waals surface area contributed by atoms with E-state index >= 15 is 0 Å². The van der Waals surface area contributed by atoms with Gasteiger partial charge in [-0.15, -0.1) is 0 Å². The summed E-state index contributed by atoms with van der Waals surface area (Å²) in [5.41, 5.74) is 0.721. The number of rotatable bonds is 5. The van der Waals surface area contributed by atoms with Crippen molar-refractivity contribution in [2.24, 2.45) is 0 Å². The Morgan fingerprint density at radius 2 is 1.85 bits per heavy atom. The van der Waals surface area contributed by atoms with Gasteiger partial charge in [0.15, 0.2) is 0 Å². The van der Waals surface area contributed by atoms with Crippen molar-refractivity contribution in [3.63, 3.8) is 0 Å². The molecule has 1 aliphatic heterocycles. The average Bonchev–Trinajstić information content (AvgIpc) is 3.34. The number of fused-ring (bicyclic) bond motifs is 1. The number of benzene rings is 2. The molecule has 1 aromatic heterocycles. The molecule has 1 atom stereocenters. The molecule has 134 valence electrons. The second kappa shape index (κ2) is 7.34. The summed E-state index contributed by atoms with van der Waals surface area (Å²) in [6, 6.07) is 18.0. The Bertz CT molecular complexity index is 904. The van der Waals surface area contributed by atoms with Crippen LogP contribution in [0.15, 0.2) is 59.0 Å². The third-order valence-corrected chi connectivity index (χ3v) is 5.16. The smallest absolute Gasteiger partial charge is 0.251 e. The maximum Gasteiger partial charge on any atom is 0.251 e. The number of furan rings is 1. The number of carbonyl (C=O) groups is 1. The van der Waals surface area contributed by atoms with E-state index in [0.29, 0.717) is 6.54 Å². The number of hydrogen-bond acceptors (Lipinski definition) is 3. The number of hydrogen-bond donors (Lipinski definition) is 1. The van der Waals surface area contributed by atoms with Crippen LogP contribution >= 0.6 is 0 Å². The SMILES string of the molecule is Cc1ccc(C(CNC(=O)c2cccc3ccccc23)N2CCCC2)o1. The second-order valence-corrected chi connectivity index (χ2v) is 6.94. The summed E-state index contributed by atoms with van der Waals surface area (Å²) in [7, 11) is 0. The molecular weight excluding hydrogens is 324 g/mol. The van der Waals surface area contributed by atoms with Crippen molar-refractivity contribution in [3.8, 4) is 0 Å². The highest BCUT2D eigenvalue weighted by Crippen LogP contribution is 2.26. The first-order valence-corrected chi connectivity index (χ1v) is 9.29. The number of likely N-dealkylation sites (tertiary alicyclic amines) is 1. The van der Waals surface area contributed by atoms with Crippen molar-refractivity contribution in [1.82, 2.24) is 10.2 Å². The van der Waals surface area contributed by atoms with E-state index in [-0.39, 0.29) is 11.9 Å². The molecule has 1 N–H and O–H groups in total. The Labute approximate surface area is 153 Å². The molecule has 0 radical (unpaired) electrons. The van der Waals surface area contributed by atoms with E-state index in [0.717, 1.165) is 40.9 Å². The summed E-state index contributed by atoms with van der Waals surface area (Å²) in [6.07, 6.45) is 2.40. The Balaban J connectivity index is 1.54. The molecule has 0 aliphatic carbocycles. The standard InChI is InChI=1S/C22H24N2O2/c1-16-11-12-21(26-16)20(24-13-4-5-14-24)15-23-22(25)19-10-6-8-17-7-2-3-9-18(17)19/h2-3,6-12,20H,4-5,13-15H2,1H3,(H,23,25). The van der Waals surface area contributed by atoms with Crippen LogP contribution in [0.1, 0.15) is 40.8 Å². The summed E-state index contributed by atoms with van der Waals surface area (Å²) in [5.74, 6) is 1.81. The predicted octanol–water partition coefficient (Wildman–Crippen LogP) is 4.31. The number of nitrogens with zero attached hydrogens (tertiary/aromatic N) is 1. The van der Waals surface area contributed by atoms with Crippen LogP contribution in [0.4, 0.5) is 0 Å². The highest BCUT2D eigenvalue weighted by atomic mass is 16.3. The molecule has 1 unspecified atom stereocenters. The third-order valence-electron chi connectivity index (χ3n) is 5.16. The van der Waals surface area contributed by atoms with E-state index in [1.807, 2.05) is 61.5 Å². The van der Waals surface area contributed by atoms with Gasteiger partial charge >= 0.3 is 0 Å². The van der Waals surface area contributed by atoms with Crippen LogP contribution in [0.5, 0.6) is 0 Å². The molecule has 2 heterocycles. The molecule has 1 amide bonds. The molecule has 1 aliphatic rings. The molecule has 2 aromatic carbocycles. The van der Waals surface area contributed by atoms with Gasteiger partial charge in [0, 0.05) is 12.1 Å². The molecule has 4 rings (SSSR count). The quantitative estimate of drug-likeness (QED) is 0.747. The molecule has 3 aromatic rings. The van der Waals surface area contributed by atoms with Gasteiger partial charge in [-0.25, -0.2) is 0 Å². The van der Waals surface area contributed by atoms with Gasteiger partial charge in [-0.2, -0.15) is 0 Å². The van der Waals surface area contributed by atoms with E-state index in [9.17, 15) is 4.79 Å². The molecule has 0 saturated carbocycles. The summed E-state index contributed by atoms with van der Waals surface area (Å²) in [4.78, 5) is 15.3. The van der Waals surface area contributed by atoms with Crippen molar-refractivity contribution in [3.05, 3.63) is 71.7 Å². The van der Waals surface area contributed by atoms with E-state index < -0.39 is 0 Å². The predicted molar refractivity (Wildman–Crippen MR) is 103 cm³/mol. The van der Waals surface area contributed by atoms with Crippen LogP contribution in [0, 0.1) is 6.92 Å². The third kappa shape index (κ3) is 3.37. The molecule has 4 heteroatoms. The summed E-state index contributed by atoms with van der Waals surface area (Å²) < 4.78 is 5.87. The Morgan fingerprint density at radius 1 is 1.08 bits per heavy atom. The minimum Gasteiger partial charge on any atom is -0.465 e. The minimum atomic E-state index is -0.0331. The van der Waals surface area contributed by atoms with Crippen LogP contribution in [0.25, 0.3) is 10.8 Å². The van der Waals surface area contributed by atoms with Gasteiger partial charge in [0.1, 0.15) is 11.5 Å². The van der Waals surface area contributed by atoms with Crippen LogP contribution in [-0.4, -0.2) is 30.4 Å². The lowest BCUT2D eigenvalue weighted by Gasteiger charge is -2.26. The van der Waals surface area contributed by atoms with Crippen LogP contribution in [0.3, 0.4) is 0 Å². The van der Waals surface area contributed by atoms with Gasteiger partial charge in [0.05, 0.1) is 6.04 Å². The molecule has 26 heavy (non-hydrogen) atoms. The summed E-state index contributed by atoms with van der Waals surface area (Å²) >= 11 is 0. The first kappa shape index (κ1) is 16.9. The van der Waals surface area contributed by atoms with Crippen LogP contribution in [0.2, 0.25) is 0 Å². The zero-order valence-corrected chi connectivity index (χ0v) is 15.1. The number of amides is 1. The Hall–Kier alpha value is -2.59. The maximum atomic E-state index is 12.9. The summed E-state index contributed by atoms with van der Waals surface area (Å²) in [6.45, 7) is 4.61. The highest BCUT2D eigenvalue weighted by Gasteiger charge is 2.26. The van der Waals surface area contributed by atoms with E-state index in [1.165, 1.54) is 12.8 Å². The number of nitrogens with one attached hydrogen (secondary N) is 1. The van der Waals surface area contributed by atoms with Crippen molar-refractivity contribution in [2.45, 2.75) is 25.8 Å². The number of carbonyl (C=O) groups excluding carboxylic acids is 1. The fourth-order valence-electron chi connectivity index (χ4n) is 3.80. The zero-order valence-electron chi connectivity index (χ0n) is 15.1. The normalized spacial score (nSPS) is 16.0. The van der Waals surface area contributed by atoms with Crippen molar-refractivity contribution < 1.29 is 9.21 Å². The first-order valence-electron chi connectivity index (χ1n) is 9.29. The van der Waals surface area contributed by atoms with Gasteiger partial charge in [-0.3, -0.25) is 9.69 Å². The Kier molecular flexibility index (Phi) is 4.76. The van der Waals surface area contributed by atoms with Gasteiger partial charge in [-0.05, 0) is 61.8 Å². The topological polar surface area (TPSA) is 45.5 Å². The number of aryl methyl sites for hydroxylation is 1. The fraction of sp³-hybridized carbons (Fsp3) is 0.318. The van der Waals surface area contributed by atoms with Gasteiger partial charge in [0.2, 0.25) is 0 Å². The van der Waals surface area contributed by atoms with Crippen LogP contribution in [-0.2, 0) is 0 Å². The molecule has 1 saturated heterocycles. The molecule has 4 nitrogen and oxygen atoms in total. The van der Waals surface area contributed by atoms with E-state index in [2.05, 4.69) is 10.2 Å². The molecular formula is C22H24N2O2. The van der Waals surface area contributed by atoms with Gasteiger partial charge in [-0.1, -0.05) is 36.4 Å². The molecule has 0 bridgehead atoms. The van der Waals surface area contributed by atoms with Crippen molar-refractivity contribution in [2.75, 3.05) is 19.6 Å². The molecule has 1 fully saturated rings. The van der Waals surface area contributed by atoms with E-state index in [1.54, 1.807) is 0 Å². The minimum absolute atomic E-state index is 0.0331. The Morgan fingerprint density at radius 3 is 2.62 bits per heavy atom. The van der Waals surface area contributed by atoms with Crippen molar-refractivity contribution in [1.29, 1.82) is 0 Å². The maximum absolute atomic E-state index is 12.9. The largest absolute Gasteiger partial charge is 0.465 e. The first-order chi connectivity index (χ1) is 12.7. The lowest BCUT2D eigenvalue weighted by molar-refractivity contribution is 0.0935. The van der Waals surface area contributed by atoms with Gasteiger partial charge in [0.25, 0.3) is 5.91 Å². The second-order valence-electron chi connectivity index (χ2n) is 6.94. The van der Waals surface area contributed by atoms with Crippen molar-refractivity contribution >= 4 is 16.7 Å². The van der Waals surface area contributed by atoms with Gasteiger partial charge < -0.3 is 9.73 Å². The fourth-order valence-corrected chi connectivity index (χ4v) is 3.80. The molecule has 0 spiro atoms. The zero-order chi connectivity index (χ0) is 17.9. The van der Waals surface area contributed by atoms with E-state index in [4.69, 9.17) is 4.42 Å². The lowest BCUT2D eigenvalue weighted by Crippen LogP contribution is -2.36. The average molecular weight is 348 g/mol. The van der Waals surface area contributed by atoms with Crippen LogP contribution < -0.4 is 5.32 Å². The monoisotopic (exact) mass is 348 g/mol. The lowest BCUT2D eigenvalue weighted by atomic mass is 10.0. The summed E-state index contributed by atoms with van der Waals surface area (Å²) in [5, 5.41) is 5.20. The highest BCUT2D eigenvalue weighted by molar-refractivity contribution is 6.07.